The lowest BCUT2D eigenvalue weighted by molar-refractivity contribution is 0.122. The van der Waals surface area contributed by atoms with Crippen LogP contribution in [-0.2, 0) is 5.60 Å². The van der Waals surface area contributed by atoms with E-state index in [1.54, 1.807) is 6.92 Å². The molecule has 1 aromatic rings. The van der Waals surface area contributed by atoms with E-state index in [0.717, 1.165) is 12.0 Å². The van der Waals surface area contributed by atoms with Crippen molar-refractivity contribution >= 4 is 0 Å². The second kappa shape index (κ2) is 5.95. The number of hydrogen-bond donors (Lipinski definition) is 1. The standard InChI is InChI=1S/C14H15NO/c1-14(16,11-7-4-8-12-15-2)13-9-5-3-6-10-13/h3,5-6,9-10,16H,4,8,12H2,1H3/t14-/m1/s1. The topological polar surface area (TPSA) is 24.6 Å². The first-order chi connectivity index (χ1) is 7.67. The monoisotopic (exact) mass is 213 g/mol. The molecule has 1 aromatic carbocycles. The molecule has 0 aliphatic heterocycles. The summed E-state index contributed by atoms with van der Waals surface area (Å²) >= 11 is 0. The largest absolute Gasteiger partial charge is 0.374 e. The van der Waals surface area contributed by atoms with Crippen molar-refractivity contribution < 1.29 is 5.11 Å². The van der Waals surface area contributed by atoms with Crippen LogP contribution in [0.2, 0.25) is 0 Å². The van der Waals surface area contributed by atoms with Gasteiger partial charge in [0.2, 0.25) is 6.54 Å². The minimum absolute atomic E-state index is 0.502. The van der Waals surface area contributed by atoms with Crippen molar-refractivity contribution in [1.29, 1.82) is 0 Å². The molecular formula is C14H15NO. The molecule has 0 aromatic heterocycles. The van der Waals surface area contributed by atoms with Crippen LogP contribution in [0, 0.1) is 18.4 Å². The molecule has 2 heteroatoms. The van der Waals surface area contributed by atoms with E-state index in [2.05, 4.69) is 16.7 Å². The van der Waals surface area contributed by atoms with Gasteiger partial charge in [-0.1, -0.05) is 42.2 Å². The Morgan fingerprint density at radius 3 is 2.69 bits per heavy atom. The molecule has 0 spiro atoms. The van der Waals surface area contributed by atoms with Crippen LogP contribution in [0.25, 0.3) is 4.85 Å². The van der Waals surface area contributed by atoms with Gasteiger partial charge in [-0.05, 0) is 12.5 Å². The lowest BCUT2D eigenvalue weighted by atomic mass is 9.97. The Kier molecular flexibility index (Phi) is 4.58. The van der Waals surface area contributed by atoms with Crippen LogP contribution < -0.4 is 0 Å². The summed E-state index contributed by atoms with van der Waals surface area (Å²) in [7, 11) is 0. The van der Waals surface area contributed by atoms with E-state index in [-0.39, 0.29) is 0 Å². The minimum Gasteiger partial charge on any atom is -0.374 e. The highest BCUT2D eigenvalue weighted by Gasteiger charge is 2.18. The van der Waals surface area contributed by atoms with E-state index in [4.69, 9.17) is 6.57 Å². The van der Waals surface area contributed by atoms with Crippen LogP contribution in [-0.4, -0.2) is 11.7 Å². The lowest BCUT2D eigenvalue weighted by Crippen LogP contribution is -2.18. The first kappa shape index (κ1) is 12.3. The number of benzene rings is 1. The molecule has 0 aliphatic carbocycles. The summed E-state index contributed by atoms with van der Waals surface area (Å²) in [5.74, 6) is 5.75. The zero-order valence-corrected chi connectivity index (χ0v) is 9.40. The highest BCUT2D eigenvalue weighted by Crippen LogP contribution is 2.18. The smallest absolute Gasteiger partial charge is 0.215 e. The van der Waals surface area contributed by atoms with Crippen molar-refractivity contribution in [2.75, 3.05) is 6.54 Å². The Bertz CT molecular complexity index is 418. The van der Waals surface area contributed by atoms with Crippen LogP contribution >= 0.6 is 0 Å². The molecule has 82 valence electrons. The third kappa shape index (κ3) is 3.77. The van der Waals surface area contributed by atoms with E-state index in [9.17, 15) is 5.11 Å². The number of nitrogens with zero attached hydrogens (tertiary/aromatic N) is 1. The molecule has 1 rings (SSSR count). The highest BCUT2D eigenvalue weighted by atomic mass is 16.3. The van der Waals surface area contributed by atoms with Crippen molar-refractivity contribution in [2.45, 2.75) is 25.4 Å². The average molecular weight is 213 g/mol. The van der Waals surface area contributed by atoms with Gasteiger partial charge in [0, 0.05) is 12.8 Å². The molecule has 0 aliphatic rings. The summed E-state index contributed by atoms with van der Waals surface area (Å²) in [5.41, 5.74) is -0.299. The van der Waals surface area contributed by atoms with E-state index in [0.29, 0.717) is 13.0 Å². The molecule has 0 radical (unpaired) electrons. The Labute approximate surface area is 96.7 Å². The minimum atomic E-state index is -1.10. The van der Waals surface area contributed by atoms with Gasteiger partial charge in [0.1, 0.15) is 5.60 Å². The van der Waals surface area contributed by atoms with Gasteiger partial charge in [-0.2, -0.15) is 0 Å². The van der Waals surface area contributed by atoms with Crippen molar-refractivity contribution in [3.8, 4) is 11.8 Å². The van der Waals surface area contributed by atoms with Crippen molar-refractivity contribution in [2.24, 2.45) is 0 Å². The van der Waals surface area contributed by atoms with Crippen molar-refractivity contribution in [3.63, 3.8) is 0 Å². The molecule has 0 saturated heterocycles. The molecular weight excluding hydrogens is 198 g/mol. The third-order valence-electron chi connectivity index (χ3n) is 2.24. The molecule has 2 nitrogen and oxygen atoms in total. The maximum Gasteiger partial charge on any atom is 0.215 e. The first-order valence-corrected chi connectivity index (χ1v) is 5.28. The number of hydrogen-bond acceptors (Lipinski definition) is 1. The average Bonchev–Trinajstić information content (AvgIpc) is 2.30. The fraction of sp³-hybridized carbons (Fsp3) is 0.357. The van der Waals surface area contributed by atoms with Gasteiger partial charge in [-0.15, -0.1) is 0 Å². The fourth-order valence-corrected chi connectivity index (χ4v) is 1.32. The first-order valence-electron chi connectivity index (χ1n) is 5.28. The van der Waals surface area contributed by atoms with Gasteiger partial charge < -0.3 is 9.95 Å². The Balaban J connectivity index is 2.62. The van der Waals surface area contributed by atoms with Crippen molar-refractivity contribution in [1.82, 2.24) is 0 Å². The van der Waals surface area contributed by atoms with Crippen LogP contribution in [0.5, 0.6) is 0 Å². The van der Waals surface area contributed by atoms with Crippen LogP contribution in [0.4, 0.5) is 0 Å². The lowest BCUT2D eigenvalue weighted by Gasteiger charge is -2.16. The predicted molar refractivity (Wildman–Crippen MR) is 64.5 cm³/mol. The Morgan fingerprint density at radius 1 is 1.38 bits per heavy atom. The summed E-state index contributed by atoms with van der Waals surface area (Å²) in [6, 6.07) is 9.37. The van der Waals surface area contributed by atoms with Crippen LogP contribution in [0.15, 0.2) is 30.3 Å². The van der Waals surface area contributed by atoms with Crippen LogP contribution in [0.3, 0.4) is 0 Å². The van der Waals surface area contributed by atoms with Gasteiger partial charge in [0.25, 0.3) is 0 Å². The normalized spacial score (nSPS) is 13.1. The molecule has 0 fully saturated rings. The summed E-state index contributed by atoms with van der Waals surface area (Å²) in [4.78, 5) is 3.25. The molecule has 0 bridgehead atoms. The molecule has 0 amide bonds. The fourth-order valence-electron chi connectivity index (χ4n) is 1.32. The molecule has 1 atom stereocenters. The predicted octanol–water partition coefficient (Wildman–Crippen LogP) is 2.60. The Hall–Kier alpha value is -1.77. The zero-order chi connectivity index (χ0) is 11.9. The van der Waals surface area contributed by atoms with Gasteiger partial charge >= 0.3 is 0 Å². The van der Waals surface area contributed by atoms with E-state index >= 15 is 0 Å². The number of aliphatic hydroxyl groups is 1. The van der Waals surface area contributed by atoms with Gasteiger partial charge in [-0.3, -0.25) is 0 Å². The second-order valence-corrected chi connectivity index (χ2v) is 3.73. The quantitative estimate of drug-likeness (QED) is 0.466. The summed E-state index contributed by atoms with van der Waals surface area (Å²) in [6.45, 7) is 8.81. The van der Waals surface area contributed by atoms with E-state index in [1.165, 1.54) is 0 Å². The maximum absolute atomic E-state index is 10.1. The van der Waals surface area contributed by atoms with Gasteiger partial charge in [-0.25, -0.2) is 6.57 Å². The summed E-state index contributed by atoms with van der Waals surface area (Å²) < 4.78 is 0. The van der Waals surface area contributed by atoms with Crippen molar-refractivity contribution in [3.05, 3.63) is 47.3 Å². The van der Waals surface area contributed by atoms with Gasteiger partial charge in [0.15, 0.2) is 0 Å². The number of rotatable bonds is 3. The zero-order valence-electron chi connectivity index (χ0n) is 9.40. The Morgan fingerprint density at radius 2 is 2.06 bits per heavy atom. The molecule has 16 heavy (non-hydrogen) atoms. The van der Waals surface area contributed by atoms with E-state index < -0.39 is 5.60 Å². The maximum atomic E-state index is 10.1. The summed E-state index contributed by atoms with van der Waals surface area (Å²) in [5, 5.41) is 10.1. The van der Waals surface area contributed by atoms with Gasteiger partial charge in [0.05, 0.1) is 0 Å². The van der Waals surface area contributed by atoms with E-state index in [1.807, 2.05) is 30.3 Å². The molecule has 0 saturated carbocycles. The summed E-state index contributed by atoms with van der Waals surface area (Å²) in [6.07, 6.45) is 1.42. The number of unbranched alkanes of at least 4 members (excludes halogenated alkanes) is 1. The SMILES string of the molecule is [C-]#[N+]CCCC#C[C@@](C)(O)c1ccccc1. The molecule has 0 heterocycles. The molecule has 1 N–H and O–H groups in total. The second-order valence-electron chi connectivity index (χ2n) is 3.73. The molecule has 0 unspecified atom stereocenters. The highest BCUT2D eigenvalue weighted by molar-refractivity contribution is 5.30. The van der Waals surface area contributed by atoms with Crippen LogP contribution in [0.1, 0.15) is 25.3 Å². The third-order valence-corrected chi connectivity index (χ3v) is 2.24.